The lowest BCUT2D eigenvalue weighted by Gasteiger charge is -2.05. The summed E-state index contributed by atoms with van der Waals surface area (Å²) in [5.74, 6) is 0.0766. The van der Waals surface area contributed by atoms with Crippen molar-refractivity contribution in [2.45, 2.75) is 0 Å². The molecule has 0 spiro atoms. The number of rotatable bonds is 4. The Morgan fingerprint density at radius 1 is 0.850 bits per heavy atom. The van der Waals surface area contributed by atoms with Gasteiger partial charge in [0.2, 0.25) is 0 Å². The summed E-state index contributed by atoms with van der Waals surface area (Å²) in [4.78, 5) is 23.6. The van der Waals surface area contributed by atoms with Crippen LogP contribution in [0.3, 0.4) is 0 Å². The van der Waals surface area contributed by atoms with E-state index in [4.69, 9.17) is 4.74 Å². The van der Waals surface area contributed by atoms with Crippen LogP contribution in [0, 0.1) is 0 Å². The first-order valence-electron chi connectivity index (χ1n) is 6.03. The number of methoxy groups -OCH3 is 2. The van der Waals surface area contributed by atoms with Gasteiger partial charge >= 0.3 is 5.97 Å². The first-order chi connectivity index (χ1) is 9.65. The second-order valence-electron chi connectivity index (χ2n) is 4.13. The van der Waals surface area contributed by atoms with Crippen LogP contribution in [0.25, 0.3) is 0 Å². The van der Waals surface area contributed by atoms with Gasteiger partial charge in [-0.2, -0.15) is 0 Å². The summed E-state index contributed by atoms with van der Waals surface area (Å²) in [7, 11) is 2.87. The van der Waals surface area contributed by atoms with Gasteiger partial charge in [-0.3, -0.25) is 4.79 Å². The highest BCUT2D eigenvalue weighted by molar-refractivity contribution is 6.09. The fourth-order valence-corrected chi connectivity index (χ4v) is 1.81. The molecule has 0 aliphatic carbocycles. The van der Waals surface area contributed by atoms with Gasteiger partial charge in [-0.05, 0) is 24.3 Å². The van der Waals surface area contributed by atoms with Crippen LogP contribution in [-0.4, -0.2) is 26.0 Å². The van der Waals surface area contributed by atoms with Crippen LogP contribution in [0.4, 0.5) is 0 Å². The Bertz CT molecular complexity index is 629. The average Bonchev–Trinajstić information content (AvgIpc) is 2.53. The lowest BCUT2D eigenvalue weighted by molar-refractivity contribution is 0.0600. The van der Waals surface area contributed by atoms with Gasteiger partial charge in [0.1, 0.15) is 5.75 Å². The highest BCUT2D eigenvalue weighted by Gasteiger charge is 2.11. The van der Waals surface area contributed by atoms with Crippen LogP contribution < -0.4 is 4.74 Å². The summed E-state index contributed by atoms with van der Waals surface area (Å²) in [6.07, 6.45) is 0. The van der Waals surface area contributed by atoms with Crippen molar-refractivity contribution >= 4 is 11.8 Å². The van der Waals surface area contributed by atoms with Crippen LogP contribution in [0.5, 0.6) is 5.75 Å². The predicted octanol–water partition coefficient (Wildman–Crippen LogP) is 2.71. The zero-order valence-corrected chi connectivity index (χ0v) is 11.3. The molecule has 2 rings (SSSR count). The molecule has 0 radical (unpaired) electrons. The van der Waals surface area contributed by atoms with Gasteiger partial charge in [-0.25, -0.2) is 4.79 Å². The first kappa shape index (κ1) is 13.8. The van der Waals surface area contributed by atoms with Gasteiger partial charge in [0.15, 0.2) is 5.78 Å². The summed E-state index contributed by atoms with van der Waals surface area (Å²) < 4.78 is 9.70. The van der Waals surface area contributed by atoms with Crippen molar-refractivity contribution in [2.24, 2.45) is 0 Å². The number of hydrogen-bond donors (Lipinski definition) is 0. The fourth-order valence-electron chi connectivity index (χ4n) is 1.81. The Hall–Kier alpha value is -2.62. The zero-order chi connectivity index (χ0) is 14.5. The molecule has 102 valence electrons. The van der Waals surface area contributed by atoms with Gasteiger partial charge in [-0.1, -0.05) is 24.3 Å². The molecule has 4 heteroatoms. The van der Waals surface area contributed by atoms with Crippen molar-refractivity contribution in [1.82, 2.24) is 0 Å². The summed E-state index contributed by atoms with van der Waals surface area (Å²) in [6, 6.07) is 13.3. The topological polar surface area (TPSA) is 52.6 Å². The molecule has 0 N–H and O–H groups in total. The minimum Gasteiger partial charge on any atom is -0.497 e. The monoisotopic (exact) mass is 270 g/mol. The molecule has 2 aromatic rings. The molecule has 20 heavy (non-hydrogen) atoms. The lowest BCUT2D eigenvalue weighted by Crippen LogP contribution is -2.04. The summed E-state index contributed by atoms with van der Waals surface area (Å²) in [5, 5.41) is 0. The van der Waals surface area contributed by atoms with Crippen molar-refractivity contribution in [1.29, 1.82) is 0 Å². The molecule has 2 aromatic carbocycles. The van der Waals surface area contributed by atoms with Crippen LogP contribution in [0.15, 0.2) is 48.5 Å². The van der Waals surface area contributed by atoms with Crippen molar-refractivity contribution < 1.29 is 19.1 Å². The molecule has 0 heterocycles. The molecule has 0 saturated carbocycles. The number of ether oxygens (including phenoxy) is 2. The number of ketones is 1. The number of esters is 1. The fraction of sp³-hybridized carbons (Fsp3) is 0.125. The van der Waals surface area contributed by atoms with Crippen molar-refractivity contribution in [3.63, 3.8) is 0 Å². The number of benzene rings is 2. The van der Waals surface area contributed by atoms with E-state index < -0.39 is 5.97 Å². The van der Waals surface area contributed by atoms with Gasteiger partial charge in [0, 0.05) is 11.1 Å². The SMILES string of the molecule is COC(=O)c1ccc(C(=O)c2cccc(OC)c2)cc1. The van der Waals surface area contributed by atoms with Crippen LogP contribution in [0.2, 0.25) is 0 Å². The van der Waals surface area contributed by atoms with Gasteiger partial charge in [0.25, 0.3) is 0 Å². The van der Waals surface area contributed by atoms with E-state index >= 15 is 0 Å². The molecule has 0 atom stereocenters. The molecule has 0 aliphatic rings. The van der Waals surface area contributed by atoms with E-state index in [1.165, 1.54) is 7.11 Å². The Morgan fingerprint density at radius 3 is 2.10 bits per heavy atom. The number of carbonyl (C=O) groups excluding carboxylic acids is 2. The minimum atomic E-state index is -0.426. The van der Waals surface area contributed by atoms with E-state index in [1.807, 2.05) is 0 Å². The second-order valence-corrected chi connectivity index (χ2v) is 4.13. The molecule has 0 aromatic heterocycles. The molecular formula is C16H14O4. The van der Waals surface area contributed by atoms with E-state index in [0.29, 0.717) is 22.4 Å². The molecule has 0 amide bonds. The van der Waals surface area contributed by atoms with Gasteiger partial charge in [0.05, 0.1) is 19.8 Å². The van der Waals surface area contributed by atoms with Crippen molar-refractivity contribution in [2.75, 3.05) is 14.2 Å². The van der Waals surface area contributed by atoms with Crippen LogP contribution in [-0.2, 0) is 4.74 Å². The summed E-state index contributed by atoms with van der Waals surface area (Å²) in [5.41, 5.74) is 1.45. The lowest BCUT2D eigenvalue weighted by atomic mass is 10.0. The highest BCUT2D eigenvalue weighted by atomic mass is 16.5. The normalized spacial score (nSPS) is 9.90. The molecule has 0 bridgehead atoms. The maximum atomic E-state index is 12.3. The van der Waals surface area contributed by atoms with E-state index in [9.17, 15) is 9.59 Å². The third-order valence-electron chi connectivity index (χ3n) is 2.90. The van der Waals surface area contributed by atoms with E-state index in [-0.39, 0.29) is 5.78 Å². The molecule has 0 unspecified atom stereocenters. The maximum absolute atomic E-state index is 12.3. The Kier molecular flexibility index (Phi) is 4.15. The predicted molar refractivity (Wildman–Crippen MR) is 74.2 cm³/mol. The van der Waals surface area contributed by atoms with Crippen molar-refractivity contribution in [3.8, 4) is 5.75 Å². The van der Waals surface area contributed by atoms with Gasteiger partial charge in [-0.15, -0.1) is 0 Å². The quantitative estimate of drug-likeness (QED) is 0.633. The molecule has 0 fully saturated rings. The number of carbonyl (C=O) groups is 2. The zero-order valence-electron chi connectivity index (χ0n) is 11.3. The summed E-state index contributed by atoms with van der Waals surface area (Å²) >= 11 is 0. The third kappa shape index (κ3) is 2.85. The third-order valence-corrected chi connectivity index (χ3v) is 2.90. The molecule has 0 aliphatic heterocycles. The van der Waals surface area contributed by atoms with Crippen LogP contribution in [0.1, 0.15) is 26.3 Å². The summed E-state index contributed by atoms with van der Waals surface area (Å²) in [6.45, 7) is 0. The van der Waals surface area contributed by atoms with Crippen LogP contribution >= 0.6 is 0 Å². The number of hydrogen-bond acceptors (Lipinski definition) is 4. The smallest absolute Gasteiger partial charge is 0.337 e. The maximum Gasteiger partial charge on any atom is 0.337 e. The van der Waals surface area contributed by atoms with Crippen molar-refractivity contribution in [3.05, 3.63) is 65.2 Å². The van der Waals surface area contributed by atoms with E-state index in [0.717, 1.165) is 0 Å². The van der Waals surface area contributed by atoms with Gasteiger partial charge < -0.3 is 9.47 Å². The Balaban J connectivity index is 2.26. The Labute approximate surface area is 116 Å². The standard InChI is InChI=1S/C16H14O4/c1-19-14-5-3-4-13(10-14)15(17)11-6-8-12(9-7-11)16(18)20-2/h3-10H,1-2H3. The molecule has 0 saturated heterocycles. The Morgan fingerprint density at radius 2 is 1.50 bits per heavy atom. The highest BCUT2D eigenvalue weighted by Crippen LogP contribution is 2.17. The largest absolute Gasteiger partial charge is 0.497 e. The van der Waals surface area contributed by atoms with E-state index in [2.05, 4.69) is 4.74 Å². The molecule has 4 nitrogen and oxygen atoms in total. The molecular weight excluding hydrogens is 256 g/mol. The minimum absolute atomic E-state index is 0.125. The first-order valence-corrected chi connectivity index (χ1v) is 6.03. The van der Waals surface area contributed by atoms with E-state index in [1.54, 1.807) is 55.6 Å². The average molecular weight is 270 g/mol. The second kappa shape index (κ2) is 6.02.